The van der Waals surface area contributed by atoms with Crippen molar-refractivity contribution in [2.24, 2.45) is 0 Å². The molecule has 0 aliphatic rings. The SMILES string of the molecule is C/C=C/C(=O)OC/C=C/CBr. The third kappa shape index (κ3) is 7.33. The van der Waals surface area contributed by atoms with Gasteiger partial charge in [0.25, 0.3) is 0 Å². The molecule has 0 rings (SSSR count). The van der Waals surface area contributed by atoms with Crippen LogP contribution in [0.5, 0.6) is 0 Å². The van der Waals surface area contributed by atoms with Gasteiger partial charge >= 0.3 is 5.97 Å². The molecule has 0 aromatic heterocycles. The molecule has 3 heteroatoms. The van der Waals surface area contributed by atoms with Gasteiger partial charge in [-0.2, -0.15) is 0 Å². The smallest absolute Gasteiger partial charge is 0.330 e. The van der Waals surface area contributed by atoms with Gasteiger partial charge in [0.2, 0.25) is 0 Å². The first kappa shape index (κ1) is 10.4. The molecule has 0 aromatic rings. The lowest BCUT2D eigenvalue weighted by Gasteiger charge is -1.94. The van der Waals surface area contributed by atoms with Crippen LogP contribution in [0.1, 0.15) is 6.92 Å². The molecule has 0 aliphatic heterocycles. The average molecular weight is 219 g/mol. The molecule has 11 heavy (non-hydrogen) atoms. The number of ether oxygens (including phenoxy) is 1. The molecule has 0 amide bonds. The fourth-order valence-electron chi connectivity index (χ4n) is 0.445. The third-order valence-corrected chi connectivity index (χ3v) is 1.25. The van der Waals surface area contributed by atoms with Gasteiger partial charge < -0.3 is 4.74 Å². The van der Waals surface area contributed by atoms with E-state index in [9.17, 15) is 4.79 Å². The molecule has 0 unspecified atom stereocenters. The van der Waals surface area contributed by atoms with Crippen molar-refractivity contribution in [1.29, 1.82) is 0 Å². The average Bonchev–Trinajstić information content (AvgIpc) is 1.99. The van der Waals surface area contributed by atoms with Crippen molar-refractivity contribution in [3.05, 3.63) is 24.3 Å². The predicted molar refractivity (Wildman–Crippen MR) is 48.7 cm³/mol. The molecule has 2 nitrogen and oxygen atoms in total. The lowest BCUT2D eigenvalue weighted by molar-refractivity contribution is -0.136. The number of carbonyl (C=O) groups excluding carboxylic acids is 1. The second-order valence-corrected chi connectivity index (χ2v) is 2.40. The summed E-state index contributed by atoms with van der Waals surface area (Å²) in [4.78, 5) is 10.7. The van der Waals surface area contributed by atoms with E-state index in [-0.39, 0.29) is 5.97 Å². The molecule has 0 atom stereocenters. The summed E-state index contributed by atoms with van der Waals surface area (Å²) >= 11 is 3.21. The maximum absolute atomic E-state index is 10.7. The fraction of sp³-hybridized carbons (Fsp3) is 0.375. The minimum Gasteiger partial charge on any atom is -0.458 e. The first-order valence-corrected chi connectivity index (χ1v) is 4.43. The number of allylic oxidation sites excluding steroid dienone is 2. The maximum Gasteiger partial charge on any atom is 0.330 e. The standard InChI is InChI=1S/C8H11BrO2/c1-2-5-8(10)11-7-4-3-6-9/h2-5H,6-7H2,1H3/b4-3+,5-2+. The van der Waals surface area contributed by atoms with Crippen LogP contribution in [0.3, 0.4) is 0 Å². The summed E-state index contributed by atoms with van der Waals surface area (Å²) in [5.41, 5.74) is 0. The molecule has 0 fully saturated rings. The summed E-state index contributed by atoms with van der Waals surface area (Å²) in [5, 5.41) is 0.786. The molecule has 0 radical (unpaired) electrons. The van der Waals surface area contributed by atoms with Crippen LogP contribution in [0.15, 0.2) is 24.3 Å². The molecule has 0 saturated heterocycles. The van der Waals surface area contributed by atoms with Gasteiger partial charge in [-0.15, -0.1) is 0 Å². The zero-order valence-electron chi connectivity index (χ0n) is 6.42. The Hall–Kier alpha value is -0.570. The monoisotopic (exact) mass is 218 g/mol. The van der Waals surface area contributed by atoms with Crippen molar-refractivity contribution in [2.75, 3.05) is 11.9 Å². The largest absolute Gasteiger partial charge is 0.458 e. The van der Waals surface area contributed by atoms with Crippen LogP contribution in [0.25, 0.3) is 0 Å². The summed E-state index contributed by atoms with van der Waals surface area (Å²) in [5.74, 6) is -0.299. The molecule has 0 spiro atoms. The molecule has 0 heterocycles. The second kappa shape index (κ2) is 7.54. The van der Waals surface area contributed by atoms with E-state index in [0.29, 0.717) is 6.61 Å². The van der Waals surface area contributed by atoms with E-state index < -0.39 is 0 Å². The van der Waals surface area contributed by atoms with Gasteiger partial charge in [-0.1, -0.05) is 34.2 Å². The van der Waals surface area contributed by atoms with Gasteiger partial charge in [0.15, 0.2) is 0 Å². The highest BCUT2D eigenvalue weighted by molar-refractivity contribution is 9.09. The van der Waals surface area contributed by atoms with Crippen LogP contribution in [-0.4, -0.2) is 17.9 Å². The number of esters is 1. The number of hydrogen-bond donors (Lipinski definition) is 0. The van der Waals surface area contributed by atoms with E-state index in [1.807, 2.05) is 6.08 Å². The normalized spacial score (nSPS) is 11.1. The highest BCUT2D eigenvalue weighted by Gasteiger charge is 1.90. The molecule has 0 bridgehead atoms. The topological polar surface area (TPSA) is 26.3 Å². The summed E-state index contributed by atoms with van der Waals surface area (Å²) in [6.45, 7) is 2.12. The molecule has 0 aromatic carbocycles. The molecular formula is C8H11BrO2. The molecule has 0 saturated carbocycles. The van der Waals surface area contributed by atoms with Crippen molar-refractivity contribution in [3.8, 4) is 0 Å². The lowest BCUT2D eigenvalue weighted by Crippen LogP contribution is -1.99. The van der Waals surface area contributed by atoms with E-state index in [0.717, 1.165) is 5.33 Å². The summed E-state index contributed by atoms with van der Waals surface area (Å²) < 4.78 is 4.75. The van der Waals surface area contributed by atoms with Gasteiger partial charge in [0.1, 0.15) is 6.61 Å². The van der Waals surface area contributed by atoms with Crippen LogP contribution in [0.4, 0.5) is 0 Å². The Morgan fingerprint density at radius 3 is 2.82 bits per heavy atom. The van der Waals surface area contributed by atoms with Crippen molar-refractivity contribution < 1.29 is 9.53 Å². The van der Waals surface area contributed by atoms with Crippen molar-refractivity contribution in [3.63, 3.8) is 0 Å². The van der Waals surface area contributed by atoms with Gasteiger partial charge in [-0.3, -0.25) is 0 Å². The Morgan fingerprint density at radius 2 is 2.27 bits per heavy atom. The summed E-state index contributed by atoms with van der Waals surface area (Å²) in [6, 6.07) is 0. The van der Waals surface area contributed by atoms with Crippen LogP contribution in [-0.2, 0) is 9.53 Å². The first-order chi connectivity index (χ1) is 5.31. The molecule has 62 valence electrons. The first-order valence-electron chi connectivity index (χ1n) is 3.31. The van der Waals surface area contributed by atoms with E-state index in [1.54, 1.807) is 19.1 Å². The third-order valence-electron chi connectivity index (χ3n) is 0.880. The minimum atomic E-state index is -0.299. The zero-order chi connectivity index (χ0) is 8.53. The van der Waals surface area contributed by atoms with Gasteiger partial charge in [0.05, 0.1) is 0 Å². The van der Waals surface area contributed by atoms with E-state index in [2.05, 4.69) is 15.9 Å². The van der Waals surface area contributed by atoms with Gasteiger partial charge in [-0.05, 0) is 6.92 Å². The number of carbonyl (C=O) groups is 1. The Kier molecular flexibility index (Phi) is 7.15. The number of hydrogen-bond acceptors (Lipinski definition) is 2. The van der Waals surface area contributed by atoms with Crippen LogP contribution >= 0.6 is 15.9 Å². The number of rotatable bonds is 4. The Labute approximate surface area is 75.1 Å². The van der Waals surface area contributed by atoms with Crippen LogP contribution in [0, 0.1) is 0 Å². The van der Waals surface area contributed by atoms with Gasteiger partial charge in [0, 0.05) is 11.4 Å². The molecule has 0 aliphatic carbocycles. The van der Waals surface area contributed by atoms with E-state index in [4.69, 9.17) is 4.74 Å². The quantitative estimate of drug-likeness (QED) is 0.313. The van der Waals surface area contributed by atoms with Crippen LogP contribution in [0.2, 0.25) is 0 Å². The van der Waals surface area contributed by atoms with E-state index in [1.165, 1.54) is 6.08 Å². The molecular weight excluding hydrogens is 208 g/mol. The van der Waals surface area contributed by atoms with Crippen molar-refractivity contribution >= 4 is 21.9 Å². The van der Waals surface area contributed by atoms with Gasteiger partial charge in [-0.25, -0.2) is 4.79 Å². The Balaban J connectivity index is 3.39. The minimum absolute atomic E-state index is 0.299. The highest BCUT2D eigenvalue weighted by atomic mass is 79.9. The van der Waals surface area contributed by atoms with E-state index >= 15 is 0 Å². The zero-order valence-corrected chi connectivity index (χ0v) is 8.00. The predicted octanol–water partition coefficient (Wildman–Crippen LogP) is 2.06. The molecule has 0 N–H and O–H groups in total. The second-order valence-electron chi connectivity index (χ2n) is 1.76. The number of alkyl halides is 1. The van der Waals surface area contributed by atoms with Crippen molar-refractivity contribution in [1.82, 2.24) is 0 Å². The number of halogens is 1. The maximum atomic E-state index is 10.7. The Bertz CT molecular complexity index is 161. The van der Waals surface area contributed by atoms with Crippen molar-refractivity contribution in [2.45, 2.75) is 6.92 Å². The highest BCUT2D eigenvalue weighted by Crippen LogP contribution is 1.85. The Morgan fingerprint density at radius 1 is 1.55 bits per heavy atom. The summed E-state index contributed by atoms with van der Waals surface area (Å²) in [6.07, 6.45) is 6.71. The fourth-order valence-corrected chi connectivity index (χ4v) is 0.710. The summed E-state index contributed by atoms with van der Waals surface area (Å²) in [7, 11) is 0. The lowest BCUT2D eigenvalue weighted by atomic mass is 10.5. The van der Waals surface area contributed by atoms with Crippen LogP contribution < -0.4 is 0 Å².